The molecule has 1 atom stereocenters. The lowest BCUT2D eigenvalue weighted by Gasteiger charge is -2.19. The number of hydrogen-bond donors (Lipinski definition) is 1. The van der Waals surface area contributed by atoms with E-state index in [2.05, 4.69) is 42.8 Å². The van der Waals surface area contributed by atoms with Gasteiger partial charge in [-0.2, -0.15) is 0 Å². The number of hydrogen-bond acceptors (Lipinski definition) is 4. The molecule has 0 unspecified atom stereocenters. The number of halogens is 1. The molecule has 2 aromatic heterocycles. The minimum absolute atomic E-state index is 0.377. The van der Waals surface area contributed by atoms with E-state index in [-0.39, 0.29) is 0 Å². The van der Waals surface area contributed by atoms with Crippen molar-refractivity contribution >= 4 is 27.1 Å². The maximum atomic E-state index is 5.65. The van der Waals surface area contributed by atoms with Crippen LogP contribution in [-0.4, -0.2) is 46.2 Å². The summed E-state index contributed by atoms with van der Waals surface area (Å²) in [6.45, 7) is 2.64. The van der Waals surface area contributed by atoms with E-state index in [1.807, 2.05) is 6.07 Å². The summed E-state index contributed by atoms with van der Waals surface area (Å²) in [5.74, 6) is 0.945. The Morgan fingerprint density at radius 2 is 2.47 bits per heavy atom. The molecule has 0 spiro atoms. The van der Waals surface area contributed by atoms with Crippen LogP contribution in [0, 0.1) is 0 Å². The van der Waals surface area contributed by atoms with E-state index < -0.39 is 0 Å². The number of fused-ring (bicyclic) bond motifs is 1. The molecule has 3 heterocycles. The number of imidazole rings is 1. The molecule has 2 aromatic rings. The number of nitrogens with zero attached hydrogens (tertiary/aromatic N) is 3. The zero-order valence-corrected chi connectivity index (χ0v) is 12.5. The van der Waals surface area contributed by atoms with Crippen LogP contribution in [0.4, 0.5) is 0 Å². The largest absolute Gasteiger partial charge is 0.377 e. The molecule has 0 aromatic carbocycles. The third-order valence-corrected chi connectivity index (χ3v) is 3.75. The summed E-state index contributed by atoms with van der Waals surface area (Å²) >= 11 is 3.41. The Balaban J connectivity index is 1.66. The van der Waals surface area contributed by atoms with Crippen LogP contribution in [0.3, 0.4) is 0 Å². The van der Waals surface area contributed by atoms with Gasteiger partial charge >= 0.3 is 0 Å². The van der Waals surface area contributed by atoms with Crippen molar-refractivity contribution in [1.82, 2.24) is 19.9 Å². The van der Waals surface area contributed by atoms with Crippen molar-refractivity contribution in [3.63, 3.8) is 0 Å². The third kappa shape index (κ3) is 3.13. The van der Waals surface area contributed by atoms with Crippen LogP contribution in [0.1, 0.15) is 18.7 Å². The minimum atomic E-state index is 0.377. The van der Waals surface area contributed by atoms with Gasteiger partial charge < -0.3 is 9.72 Å². The summed E-state index contributed by atoms with van der Waals surface area (Å²) in [5.41, 5.74) is 1.73. The van der Waals surface area contributed by atoms with Gasteiger partial charge in [0.2, 0.25) is 0 Å². The second-order valence-electron chi connectivity index (χ2n) is 5.04. The van der Waals surface area contributed by atoms with Crippen molar-refractivity contribution in [1.29, 1.82) is 0 Å². The standard InChI is InChI=1S/C13H17BrN4O/c1-18(7-10-3-2-4-19-10)8-12-16-11-5-9(14)6-15-13(11)17-12/h5-6,10H,2-4,7-8H2,1H3,(H,15,16,17)/t10-/m1/s1. The molecular formula is C13H17BrN4O. The number of ether oxygens (including phenoxy) is 1. The molecular weight excluding hydrogens is 308 g/mol. The van der Waals surface area contributed by atoms with Gasteiger partial charge in [-0.05, 0) is 41.9 Å². The third-order valence-electron chi connectivity index (χ3n) is 3.31. The lowest BCUT2D eigenvalue weighted by Crippen LogP contribution is -2.28. The summed E-state index contributed by atoms with van der Waals surface area (Å²) in [7, 11) is 2.10. The second-order valence-corrected chi connectivity index (χ2v) is 5.96. The van der Waals surface area contributed by atoms with Gasteiger partial charge in [0.05, 0.1) is 18.2 Å². The van der Waals surface area contributed by atoms with Gasteiger partial charge in [-0.25, -0.2) is 9.97 Å². The first-order valence-corrected chi connectivity index (χ1v) is 7.30. The van der Waals surface area contributed by atoms with Crippen molar-refractivity contribution in [3.05, 3.63) is 22.6 Å². The molecule has 5 nitrogen and oxygen atoms in total. The number of rotatable bonds is 4. The molecule has 6 heteroatoms. The first-order valence-electron chi connectivity index (χ1n) is 6.51. The van der Waals surface area contributed by atoms with Crippen LogP contribution in [0.2, 0.25) is 0 Å². The Hall–Kier alpha value is -0.980. The average Bonchev–Trinajstić information content (AvgIpc) is 2.97. The molecule has 1 N–H and O–H groups in total. The molecule has 19 heavy (non-hydrogen) atoms. The fraction of sp³-hybridized carbons (Fsp3) is 0.538. The van der Waals surface area contributed by atoms with E-state index in [0.29, 0.717) is 6.10 Å². The van der Waals surface area contributed by atoms with E-state index in [1.54, 1.807) is 6.20 Å². The summed E-state index contributed by atoms with van der Waals surface area (Å²) in [4.78, 5) is 14.3. The number of likely N-dealkylation sites (N-methyl/N-ethyl adjacent to an activating group) is 1. The summed E-state index contributed by atoms with van der Waals surface area (Å²) < 4.78 is 6.61. The summed E-state index contributed by atoms with van der Waals surface area (Å²) in [5, 5.41) is 0. The van der Waals surface area contributed by atoms with E-state index in [1.165, 1.54) is 12.8 Å². The maximum Gasteiger partial charge on any atom is 0.177 e. The molecule has 0 bridgehead atoms. The van der Waals surface area contributed by atoms with Crippen LogP contribution in [0.15, 0.2) is 16.7 Å². The van der Waals surface area contributed by atoms with Gasteiger partial charge in [0.1, 0.15) is 5.82 Å². The smallest absolute Gasteiger partial charge is 0.177 e. The van der Waals surface area contributed by atoms with Gasteiger partial charge in [0.15, 0.2) is 5.65 Å². The average molecular weight is 325 g/mol. The van der Waals surface area contributed by atoms with Gasteiger partial charge in [0, 0.05) is 23.8 Å². The predicted molar refractivity (Wildman–Crippen MR) is 76.9 cm³/mol. The molecule has 0 radical (unpaired) electrons. The van der Waals surface area contributed by atoms with Crippen LogP contribution >= 0.6 is 15.9 Å². The number of aromatic amines is 1. The predicted octanol–water partition coefficient (Wildman–Crippen LogP) is 2.33. The van der Waals surface area contributed by atoms with Gasteiger partial charge in [0.25, 0.3) is 0 Å². The zero-order chi connectivity index (χ0) is 13.2. The Kier molecular flexibility index (Phi) is 3.81. The fourth-order valence-corrected chi connectivity index (χ4v) is 2.79. The highest BCUT2D eigenvalue weighted by molar-refractivity contribution is 9.10. The molecule has 0 aliphatic carbocycles. The lowest BCUT2D eigenvalue weighted by atomic mass is 10.2. The highest BCUT2D eigenvalue weighted by Gasteiger charge is 2.18. The van der Waals surface area contributed by atoms with Crippen LogP contribution < -0.4 is 0 Å². The Morgan fingerprint density at radius 3 is 3.26 bits per heavy atom. The summed E-state index contributed by atoms with van der Waals surface area (Å²) in [6, 6.07) is 2.00. The van der Waals surface area contributed by atoms with Crippen molar-refractivity contribution < 1.29 is 4.74 Å². The first kappa shape index (κ1) is 13.0. The highest BCUT2D eigenvalue weighted by atomic mass is 79.9. The van der Waals surface area contributed by atoms with E-state index in [4.69, 9.17) is 4.74 Å². The number of pyridine rings is 1. The van der Waals surface area contributed by atoms with Gasteiger partial charge in [-0.15, -0.1) is 0 Å². The highest BCUT2D eigenvalue weighted by Crippen LogP contribution is 2.17. The Labute approximate surface area is 120 Å². The summed E-state index contributed by atoms with van der Waals surface area (Å²) in [6.07, 6.45) is 4.49. The molecule has 1 saturated heterocycles. The number of aromatic nitrogens is 3. The Morgan fingerprint density at radius 1 is 1.58 bits per heavy atom. The normalized spacial score (nSPS) is 19.6. The second kappa shape index (κ2) is 5.56. The molecule has 1 fully saturated rings. The molecule has 0 saturated carbocycles. The van der Waals surface area contributed by atoms with Crippen molar-refractivity contribution in [2.45, 2.75) is 25.5 Å². The number of nitrogens with one attached hydrogen (secondary N) is 1. The molecule has 3 rings (SSSR count). The van der Waals surface area contributed by atoms with Crippen molar-refractivity contribution in [2.24, 2.45) is 0 Å². The molecule has 102 valence electrons. The van der Waals surface area contributed by atoms with E-state index in [0.717, 1.165) is 41.2 Å². The van der Waals surface area contributed by atoms with Crippen LogP contribution in [0.25, 0.3) is 11.2 Å². The van der Waals surface area contributed by atoms with Crippen molar-refractivity contribution in [2.75, 3.05) is 20.2 Å². The van der Waals surface area contributed by atoms with Gasteiger partial charge in [-0.3, -0.25) is 4.90 Å². The van der Waals surface area contributed by atoms with Crippen molar-refractivity contribution in [3.8, 4) is 0 Å². The quantitative estimate of drug-likeness (QED) is 0.937. The fourth-order valence-electron chi connectivity index (χ4n) is 2.46. The lowest BCUT2D eigenvalue weighted by molar-refractivity contribution is 0.0787. The molecule has 1 aliphatic heterocycles. The zero-order valence-electron chi connectivity index (χ0n) is 10.9. The molecule has 1 aliphatic rings. The van der Waals surface area contributed by atoms with E-state index in [9.17, 15) is 0 Å². The topological polar surface area (TPSA) is 54.0 Å². The molecule has 0 amide bonds. The number of H-pyrrole nitrogens is 1. The van der Waals surface area contributed by atoms with Crippen LogP contribution in [-0.2, 0) is 11.3 Å². The maximum absolute atomic E-state index is 5.65. The SMILES string of the molecule is CN(Cc1nc2ncc(Br)cc2[nH]1)C[C@H]1CCCO1. The monoisotopic (exact) mass is 324 g/mol. The minimum Gasteiger partial charge on any atom is -0.377 e. The van der Waals surface area contributed by atoms with Gasteiger partial charge in [-0.1, -0.05) is 0 Å². The Bertz CT molecular complexity index is 565. The first-order chi connectivity index (χ1) is 9.20. The van der Waals surface area contributed by atoms with Crippen LogP contribution in [0.5, 0.6) is 0 Å². The van der Waals surface area contributed by atoms with E-state index >= 15 is 0 Å².